The second kappa shape index (κ2) is 8.41. The average Bonchev–Trinajstić information content (AvgIpc) is 2.88. The Hall–Kier alpha value is -1.57. The number of rotatable bonds is 7. The second-order valence-corrected chi connectivity index (χ2v) is 7.38. The number of benzene rings is 1. The smallest absolute Gasteiger partial charge is 0.223 e. The molecule has 0 atom stereocenters. The number of ether oxygens (including phenoxy) is 1. The zero-order valence-electron chi connectivity index (χ0n) is 14.9. The van der Waals surface area contributed by atoms with E-state index in [0.717, 1.165) is 38.5 Å². The number of carbonyl (C=O) groups is 1. The molecule has 5 nitrogen and oxygen atoms in total. The molecule has 26 heavy (non-hydrogen) atoms. The maximum atomic E-state index is 13.4. The van der Waals surface area contributed by atoms with Gasteiger partial charge in [0, 0.05) is 32.1 Å². The van der Waals surface area contributed by atoms with Crippen LogP contribution >= 0.6 is 0 Å². The van der Waals surface area contributed by atoms with Crippen molar-refractivity contribution in [3.8, 4) is 0 Å². The average molecular weight is 368 g/mol. The Morgan fingerprint density at radius 1 is 1.12 bits per heavy atom. The van der Waals surface area contributed by atoms with E-state index >= 15 is 0 Å². The van der Waals surface area contributed by atoms with E-state index in [9.17, 15) is 13.6 Å². The Morgan fingerprint density at radius 3 is 2.46 bits per heavy atom. The van der Waals surface area contributed by atoms with Gasteiger partial charge in [0.1, 0.15) is 11.6 Å². The Bertz CT molecular complexity index is 613. The topological polar surface area (TPSA) is 53.0 Å². The van der Waals surface area contributed by atoms with Crippen LogP contribution < -0.4 is 0 Å². The fourth-order valence-corrected chi connectivity index (χ4v) is 3.99. The molecule has 2 saturated heterocycles. The van der Waals surface area contributed by atoms with Crippen LogP contribution in [0.15, 0.2) is 18.2 Å². The number of hydrogen-bond donors (Lipinski definition) is 1. The minimum atomic E-state index is -0.613. The fraction of sp³-hybridized carbons (Fsp3) is 0.632. The van der Waals surface area contributed by atoms with Gasteiger partial charge in [-0.25, -0.2) is 8.78 Å². The molecule has 0 bridgehead atoms. The summed E-state index contributed by atoms with van der Waals surface area (Å²) in [6.45, 7) is 4.57. The molecule has 7 heteroatoms. The van der Waals surface area contributed by atoms with E-state index in [0.29, 0.717) is 31.7 Å². The molecule has 1 spiro atoms. The monoisotopic (exact) mass is 368 g/mol. The van der Waals surface area contributed by atoms with Gasteiger partial charge in [0.25, 0.3) is 0 Å². The number of carbonyl (C=O) groups excluding carboxylic acids is 1. The van der Waals surface area contributed by atoms with Gasteiger partial charge in [0.05, 0.1) is 19.8 Å². The summed E-state index contributed by atoms with van der Waals surface area (Å²) in [5.41, 5.74) is 0.470. The van der Waals surface area contributed by atoms with Crippen molar-refractivity contribution in [1.82, 2.24) is 9.80 Å². The van der Waals surface area contributed by atoms with Crippen molar-refractivity contribution in [1.29, 1.82) is 0 Å². The van der Waals surface area contributed by atoms with Crippen molar-refractivity contribution in [3.05, 3.63) is 35.4 Å². The van der Waals surface area contributed by atoms with E-state index in [1.165, 1.54) is 12.1 Å². The van der Waals surface area contributed by atoms with Crippen LogP contribution in [0.4, 0.5) is 8.78 Å². The lowest BCUT2D eigenvalue weighted by Gasteiger charge is -2.38. The highest BCUT2D eigenvalue weighted by Crippen LogP contribution is 2.41. The highest BCUT2D eigenvalue weighted by atomic mass is 19.1. The second-order valence-electron chi connectivity index (χ2n) is 7.38. The molecule has 0 radical (unpaired) electrons. The third-order valence-electron chi connectivity index (χ3n) is 5.41. The van der Waals surface area contributed by atoms with Crippen LogP contribution in [0.1, 0.15) is 24.8 Å². The number of hydrogen-bond acceptors (Lipinski definition) is 4. The minimum Gasteiger partial charge on any atom is -0.394 e. The number of likely N-dealkylation sites (tertiary alicyclic amines) is 2. The van der Waals surface area contributed by atoms with Gasteiger partial charge < -0.3 is 19.6 Å². The highest BCUT2D eigenvalue weighted by Gasteiger charge is 2.44. The van der Waals surface area contributed by atoms with Crippen LogP contribution in [0.25, 0.3) is 0 Å². The number of aliphatic hydroxyl groups excluding tert-OH is 1. The Morgan fingerprint density at radius 2 is 1.81 bits per heavy atom. The van der Waals surface area contributed by atoms with Crippen molar-refractivity contribution < 1.29 is 23.4 Å². The summed E-state index contributed by atoms with van der Waals surface area (Å²) in [6.07, 6.45) is 2.39. The molecule has 0 aromatic heterocycles. The van der Waals surface area contributed by atoms with Crippen LogP contribution in [0, 0.1) is 17.0 Å². The summed E-state index contributed by atoms with van der Waals surface area (Å²) in [5, 5.41) is 8.71. The summed E-state index contributed by atoms with van der Waals surface area (Å²) in [6, 6.07) is 3.42. The molecule has 2 fully saturated rings. The predicted octanol–water partition coefficient (Wildman–Crippen LogP) is 1.79. The zero-order valence-corrected chi connectivity index (χ0v) is 14.9. The summed E-state index contributed by atoms with van der Waals surface area (Å²) in [4.78, 5) is 16.5. The summed E-state index contributed by atoms with van der Waals surface area (Å²) < 4.78 is 32.0. The van der Waals surface area contributed by atoms with Crippen molar-refractivity contribution in [2.24, 2.45) is 5.41 Å². The van der Waals surface area contributed by atoms with Gasteiger partial charge in [-0.15, -0.1) is 0 Å². The van der Waals surface area contributed by atoms with Crippen LogP contribution in [-0.2, 0) is 16.1 Å². The molecule has 0 saturated carbocycles. The Labute approximate surface area is 152 Å². The van der Waals surface area contributed by atoms with Gasteiger partial charge in [-0.05, 0) is 49.0 Å². The van der Waals surface area contributed by atoms with Crippen LogP contribution in [0.5, 0.6) is 0 Å². The van der Waals surface area contributed by atoms with Crippen molar-refractivity contribution >= 4 is 5.91 Å². The van der Waals surface area contributed by atoms with Gasteiger partial charge in [0.2, 0.25) is 5.91 Å². The molecular formula is C19H26F2N2O3. The Kier molecular flexibility index (Phi) is 6.21. The summed E-state index contributed by atoms with van der Waals surface area (Å²) >= 11 is 0. The third-order valence-corrected chi connectivity index (χ3v) is 5.41. The van der Waals surface area contributed by atoms with Crippen LogP contribution in [-0.4, -0.2) is 66.8 Å². The molecule has 2 heterocycles. The molecule has 0 aliphatic carbocycles. The minimum absolute atomic E-state index is 0.0224. The van der Waals surface area contributed by atoms with Gasteiger partial charge in [-0.2, -0.15) is 0 Å². The van der Waals surface area contributed by atoms with Crippen molar-refractivity contribution in [2.45, 2.75) is 25.8 Å². The fourth-order valence-electron chi connectivity index (χ4n) is 3.99. The predicted molar refractivity (Wildman–Crippen MR) is 92.4 cm³/mol. The van der Waals surface area contributed by atoms with E-state index in [4.69, 9.17) is 9.84 Å². The van der Waals surface area contributed by atoms with Crippen LogP contribution in [0.3, 0.4) is 0 Å². The molecular weight excluding hydrogens is 342 g/mol. The maximum absolute atomic E-state index is 13.4. The number of halogens is 2. The first kappa shape index (κ1) is 19.2. The van der Waals surface area contributed by atoms with Gasteiger partial charge >= 0.3 is 0 Å². The van der Waals surface area contributed by atoms with E-state index in [1.54, 1.807) is 4.90 Å². The Balaban J connectivity index is 1.51. The highest BCUT2D eigenvalue weighted by molar-refractivity contribution is 5.79. The standard InChI is InChI=1S/C19H26F2N2O3/c20-16-9-15(10-17(21)11-16)13-23-14-19(12-18(23)25)1-3-22(4-2-19)5-7-26-8-6-24/h9-11,24H,1-8,12-14H2. The maximum Gasteiger partial charge on any atom is 0.223 e. The molecule has 2 aliphatic heterocycles. The third kappa shape index (κ3) is 4.78. The molecule has 1 N–H and O–H groups in total. The van der Waals surface area contributed by atoms with Crippen molar-refractivity contribution in [3.63, 3.8) is 0 Å². The zero-order chi connectivity index (χ0) is 18.6. The molecule has 1 aromatic carbocycles. The molecule has 2 aliphatic rings. The number of aliphatic hydroxyl groups is 1. The molecule has 1 amide bonds. The number of nitrogens with zero attached hydrogens (tertiary/aromatic N) is 2. The number of amides is 1. The SMILES string of the molecule is O=C1CC2(CCN(CCOCCO)CC2)CN1Cc1cc(F)cc(F)c1. The molecule has 1 aromatic rings. The first-order chi connectivity index (χ1) is 12.5. The first-order valence-electron chi connectivity index (χ1n) is 9.13. The van der Waals surface area contributed by atoms with E-state index in [1.807, 2.05) is 0 Å². The van der Waals surface area contributed by atoms with E-state index in [-0.39, 0.29) is 24.5 Å². The summed E-state index contributed by atoms with van der Waals surface area (Å²) in [5.74, 6) is -1.16. The molecule has 0 unspecified atom stereocenters. The lowest BCUT2D eigenvalue weighted by Crippen LogP contribution is -2.42. The molecule has 3 rings (SSSR count). The van der Waals surface area contributed by atoms with Crippen LogP contribution in [0.2, 0.25) is 0 Å². The quantitative estimate of drug-likeness (QED) is 0.746. The number of piperidine rings is 1. The van der Waals surface area contributed by atoms with E-state index < -0.39 is 11.6 Å². The van der Waals surface area contributed by atoms with Gasteiger partial charge in [-0.1, -0.05) is 0 Å². The lowest BCUT2D eigenvalue weighted by molar-refractivity contribution is -0.128. The largest absolute Gasteiger partial charge is 0.394 e. The molecule has 144 valence electrons. The van der Waals surface area contributed by atoms with Gasteiger partial charge in [-0.3, -0.25) is 4.79 Å². The van der Waals surface area contributed by atoms with Gasteiger partial charge in [0.15, 0.2) is 0 Å². The first-order valence-corrected chi connectivity index (χ1v) is 9.13. The van der Waals surface area contributed by atoms with E-state index in [2.05, 4.69) is 4.90 Å². The normalized spacial score (nSPS) is 20.3. The van der Waals surface area contributed by atoms with Crippen molar-refractivity contribution in [2.75, 3.05) is 46.0 Å². The summed E-state index contributed by atoms with van der Waals surface area (Å²) in [7, 11) is 0. The lowest BCUT2D eigenvalue weighted by atomic mass is 9.77.